The zero-order valence-corrected chi connectivity index (χ0v) is 9.62. The van der Waals surface area contributed by atoms with Crippen LogP contribution in [0.15, 0.2) is 36.9 Å². The number of hydrogen-bond acceptors (Lipinski definition) is 2. The predicted octanol–water partition coefficient (Wildman–Crippen LogP) is 2.31. The Hall–Kier alpha value is -1.61. The van der Waals surface area contributed by atoms with E-state index in [1.165, 1.54) is 6.92 Å². The van der Waals surface area contributed by atoms with Crippen molar-refractivity contribution in [3.63, 3.8) is 0 Å². The third-order valence-corrected chi connectivity index (χ3v) is 2.17. The topological polar surface area (TPSA) is 41.1 Å². The highest BCUT2D eigenvalue weighted by molar-refractivity contribution is 5.89. The normalized spacial score (nSPS) is 9.81. The number of nitrogens with one attached hydrogen (secondary N) is 2. The Balaban J connectivity index is 2.56. The van der Waals surface area contributed by atoms with E-state index in [2.05, 4.69) is 17.2 Å². The molecular weight excluding hydrogens is 200 g/mol. The number of para-hydroxylation sites is 1. The largest absolute Gasteiger partial charge is 0.326 e. The Morgan fingerprint density at radius 1 is 1.44 bits per heavy atom. The van der Waals surface area contributed by atoms with Gasteiger partial charge in [-0.05, 0) is 24.6 Å². The molecule has 0 aromatic heterocycles. The van der Waals surface area contributed by atoms with E-state index >= 15 is 0 Å². The smallest absolute Gasteiger partial charge is 0.221 e. The highest BCUT2D eigenvalue weighted by Gasteiger charge is 2.01. The van der Waals surface area contributed by atoms with Crippen molar-refractivity contribution in [3.8, 4) is 0 Å². The van der Waals surface area contributed by atoms with Crippen LogP contribution < -0.4 is 10.6 Å². The van der Waals surface area contributed by atoms with Crippen LogP contribution in [0.4, 0.5) is 5.69 Å². The van der Waals surface area contributed by atoms with Gasteiger partial charge in [-0.3, -0.25) is 4.79 Å². The van der Waals surface area contributed by atoms with Crippen molar-refractivity contribution in [2.24, 2.45) is 0 Å². The molecule has 0 spiro atoms. The molecule has 3 nitrogen and oxygen atoms in total. The summed E-state index contributed by atoms with van der Waals surface area (Å²) in [5.41, 5.74) is 1.97. The fraction of sp³-hybridized carbons (Fsp3) is 0.308. The highest BCUT2D eigenvalue weighted by atomic mass is 16.1. The van der Waals surface area contributed by atoms with Gasteiger partial charge in [-0.15, -0.1) is 6.58 Å². The average Bonchev–Trinajstić information content (AvgIpc) is 2.26. The van der Waals surface area contributed by atoms with Crippen LogP contribution in [0.5, 0.6) is 0 Å². The van der Waals surface area contributed by atoms with Crippen molar-refractivity contribution in [1.82, 2.24) is 5.32 Å². The molecule has 0 bridgehead atoms. The van der Waals surface area contributed by atoms with Crippen molar-refractivity contribution < 1.29 is 4.79 Å². The van der Waals surface area contributed by atoms with E-state index in [9.17, 15) is 4.79 Å². The summed E-state index contributed by atoms with van der Waals surface area (Å²) in [6.45, 7) is 6.84. The summed E-state index contributed by atoms with van der Waals surface area (Å²) in [6.07, 6.45) is 2.83. The van der Waals surface area contributed by atoms with Gasteiger partial charge in [0.1, 0.15) is 0 Å². The molecule has 0 aliphatic rings. The molecule has 0 aliphatic heterocycles. The lowest BCUT2D eigenvalue weighted by Gasteiger charge is -2.10. The number of rotatable bonds is 6. The van der Waals surface area contributed by atoms with E-state index in [4.69, 9.17) is 0 Å². The van der Waals surface area contributed by atoms with Crippen LogP contribution in [0.2, 0.25) is 0 Å². The second kappa shape index (κ2) is 6.80. The van der Waals surface area contributed by atoms with E-state index < -0.39 is 0 Å². The van der Waals surface area contributed by atoms with Crippen LogP contribution >= 0.6 is 0 Å². The van der Waals surface area contributed by atoms with Crippen LogP contribution in [-0.2, 0) is 11.3 Å². The SMILES string of the molecule is C=CCCNCc1ccccc1NC(C)=O. The molecule has 0 unspecified atom stereocenters. The Morgan fingerprint density at radius 3 is 2.88 bits per heavy atom. The summed E-state index contributed by atoms with van der Waals surface area (Å²) in [6, 6.07) is 7.80. The van der Waals surface area contributed by atoms with Gasteiger partial charge < -0.3 is 10.6 Å². The molecular formula is C13H18N2O. The standard InChI is InChI=1S/C13H18N2O/c1-3-4-9-14-10-12-7-5-6-8-13(12)15-11(2)16/h3,5-8,14H,1,4,9-10H2,2H3,(H,15,16). The van der Waals surface area contributed by atoms with Gasteiger partial charge >= 0.3 is 0 Å². The molecule has 1 rings (SSSR count). The van der Waals surface area contributed by atoms with Crippen molar-refractivity contribution in [2.75, 3.05) is 11.9 Å². The van der Waals surface area contributed by atoms with E-state index in [0.29, 0.717) is 0 Å². The second-order valence-corrected chi connectivity index (χ2v) is 3.59. The molecule has 1 aromatic carbocycles. The fourth-order valence-corrected chi connectivity index (χ4v) is 1.41. The molecule has 2 N–H and O–H groups in total. The van der Waals surface area contributed by atoms with Crippen LogP contribution in [0.3, 0.4) is 0 Å². The van der Waals surface area contributed by atoms with Gasteiger partial charge in [-0.2, -0.15) is 0 Å². The summed E-state index contributed by atoms with van der Waals surface area (Å²) in [5, 5.41) is 6.11. The summed E-state index contributed by atoms with van der Waals surface area (Å²) < 4.78 is 0. The van der Waals surface area contributed by atoms with Gasteiger partial charge in [0.15, 0.2) is 0 Å². The third kappa shape index (κ3) is 4.28. The maximum absolute atomic E-state index is 11.0. The Labute approximate surface area is 96.6 Å². The van der Waals surface area contributed by atoms with Crippen molar-refractivity contribution >= 4 is 11.6 Å². The van der Waals surface area contributed by atoms with E-state index in [-0.39, 0.29) is 5.91 Å². The third-order valence-electron chi connectivity index (χ3n) is 2.17. The van der Waals surface area contributed by atoms with E-state index in [1.807, 2.05) is 30.3 Å². The monoisotopic (exact) mass is 218 g/mol. The van der Waals surface area contributed by atoms with E-state index in [1.54, 1.807) is 0 Å². The predicted molar refractivity (Wildman–Crippen MR) is 67.3 cm³/mol. The maximum atomic E-state index is 11.0. The van der Waals surface area contributed by atoms with Gasteiger partial charge in [0.2, 0.25) is 5.91 Å². The molecule has 1 aromatic rings. The fourth-order valence-electron chi connectivity index (χ4n) is 1.41. The van der Waals surface area contributed by atoms with Crippen LogP contribution in [0.1, 0.15) is 18.9 Å². The zero-order chi connectivity index (χ0) is 11.8. The lowest BCUT2D eigenvalue weighted by atomic mass is 10.1. The van der Waals surface area contributed by atoms with Crippen molar-refractivity contribution in [2.45, 2.75) is 19.9 Å². The molecule has 0 heterocycles. The first-order chi connectivity index (χ1) is 7.74. The van der Waals surface area contributed by atoms with Gasteiger partial charge in [0.05, 0.1) is 0 Å². The molecule has 0 saturated carbocycles. The molecule has 0 aliphatic carbocycles. The summed E-state index contributed by atoms with van der Waals surface area (Å²) in [5.74, 6) is -0.0430. The Bertz CT molecular complexity index is 361. The lowest BCUT2D eigenvalue weighted by Crippen LogP contribution is -2.16. The number of amides is 1. The quantitative estimate of drug-likeness (QED) is 0.568. The van der Waals surface area contributed by atoms with Gasteiger partial charge in [-0.25, -0.2) is 0 Å². The molecule has 0 saturated heterocycles. The van der Waals surface area contributed by atoms with Gasteiger partial charge in [-0.1, -0.05) is 24.3 Å². The highest BCUT2D eigenvalue weighted by Crippen LogP contribution is 2.14. The first-order valence-electron chi connectivity index (χ1n) is 5.41. The summed E-state index contributed by atoms with van der Waals surface area (Å²) >= 11 is 0. The first-order valence-corrected chi connectivity index (χ1v) is 5.41. The number of hydrogen-bond donors (Lipinski definition) is 2. The van der Waals surface area contributed by atoms with Crippen LogP contribution in [0.25, 0.3) is 0 Å². The minimum absolute atomic E-state index is 0.0430. The summed E-state index contributed by atoms with van der Waals surface area (Å²) in [7, 11) is 0. The minimum Gasteiger partial charge on any atom is -0.326 e. The minimum atomic E-state index is -0.0430. The number of carbonyl (C=O) groups excluding carboxylic acids is 1. The number of carbonyl (C=O) groups is 1. The van der Waals surface area contributed by atoms with Gasteiger partial charge in [0.25, 0.3) is 0 Å². The molecule has 86 valence electrons. The van der Waals surface area contributed by atoms with Crippen LogP contribution in [0, 0.1) is 0 Å². The Kier molecular flexibility index (Phi) is 5.29. The van der Waals surface area contributed by atoms with Crippen LogP contribution in [-0.4, -0.2) is 12.5 Å². The zero-order valence-electron chi connectivity index (χ0n) is 9.62. The van der Waals surface area contributed by atoms with Crippen molar-refractivity contribution in [1.29, 1.82) is 0 Å². The number of anilines is 1. The Morgan fingerprint density at radius 2 is 2.19 bits per heavy atom. The first kappa shape index (κ1) is 12.5. The van der Waals surface area contributed by atoms with Crippen molar-refractivity contribution in [3.05, 3.63) is 42.5 Å². The maximum Gasteiger partial charge on any atom is 0.221 e. The van der Waals surface area contributed by atoms with Gasteiger partial charge in [0, 0.05) is 19.2 Å². The molecule has 0 atom stereocenters. The summed E-state index contributed by atoms with van der Waals surface area (Å²) in [4.78, 5) is 11.0. The average molecular weight is 218 g/mol. The lowest BCUT2D eigenvalue weighted by molar-refractivity contribution is -0.114. The number of benzene rings is 1. The molecule has 3 heteroatoms. The molecule has 1 amide bonds. The molecule has 16 heavy (non-hydrogen) atoms. The molecule has 0 radical (unpaired) electrons. The molecule has 0 fully saturated rings. The van der Waals surface area contributed by atoms with E-state index in [0.717, 1.165) is 30.8 Å². The second-order valence-electron chi connectivity index (χ2n) is 3.59.